The highest BCUT2D eigenvalue weighted by Crippen LogP contribution is 2.18. The summed E-state index contributed by atoms with van der Waals surface area (Å²) in [4.78, 5) is 15.1. The monoisotopic (exact) mass is 265 g/mol. The molecule has 0 aromatic heterocycles. The molecule has 3 nitrogen and oxygen atoms in total. The summed E-state index contributed by atoms with van der Waals surface area (Å²) in [6.45, 7) is 3.89. The van der Waals surface area contributed by atoms with Crippen LogP contribution >= 0.6 is 12.6 Å². The molecule has 1 aliphatic heterocycles. The van der Waals surface area contributed by atoms with Gasteiger partial charge in [0.25, 0.3) is 0 Å². The molecule has 1 aliphatic rings. The van der Waals surface area contributed by atoms with Crippen molar-refractivity contribution in [1.82, 2.24) is 4.90 Å². The van der Waals surface area contributed by atoms with Crippen LogP contribution < -0.4 is 0 Å². The predicted octanol–water partition coefficient (Wildman–Crippen LogP) is 2.53. The van der Waals surface area contributed by atoms with Gasteiger partial charge < -0.3 is 9.64 Å². The van der Waals surface area contributed by atoms with Crippen LogP contribution in [0.25, 0.3) is 0 Å². The fourth-order valence-electron chi connectivity index (χ4n) is 2.15. The fourth-order valence-corrected chi connectivity index (χ4v) is 2.35. The molecule has 1 heterocycles. The highest BCUT2D eigenvalue weighted by atomic mass is 32.1. The van der Waals surface area contributed by atoms with E-state index in [0.717, 1.165) is 36.4 Å². The van der Waals surface area contributed by atoms with E-state index in [0.29, 0.717) is 5.56 Å². The molecule has 0 amide bonds. The molecule has 0 spiro atoms. The molecule has 4 heteroatoms. The van der Waals surface area contributed by atoms with E-state index in [-0.39, 0.29) is 12.1 Å². The van der Waals surface area contributed by atoms with Gasteiger partial charge in [-0.15, -0.1) is 12.6 Å². The number of esters is 1. The zero-order valence-corrected chi connectivity index (χ0v) is 11.7. The Kier molecular flexibility index (Phi) is 4.30. The molecule has 0 N–H and O–H groups in total. The van der Waals surface area contributed by atoms with Crippen LogP contribution in [0.2, 0.25) is 0 Å². The number of carbonyl (C=O) groups excluding carboxylic acids is 1. The van der Waals surface area contributed by atoms with Crippen molar-refractivity contribution in [3.8, 4) is 0 Å². The molecule has 1 aromatic carbocycles. The SMILES string of the molecule is Cc1ccc(S)cc1C(=O)OC1CCN(C)CC1. The first-order chi connectivity index (χ1) is 8.56. The fraction of sp³-hybridized carbons (Fsp3) is 0.500. The summed E-state index contributed by atoms with van der Waals surface area (Å²) in [6, 6.07) is 5.55. The van der Waals surface area contributed by atoms with E-state index in [1.165, 1.54) is 0 Å². The van der Waals surface area contributed by atoms with E-state index < -0.39 is 0 Å². The van der Waals surface area contributed by atoms with Gasteiger partial charge in [-0.2, -0.15) is 0 Å². The Morgan fingerprint density at radius 3 is 2.72 bits per heavy atom. The molecule has 1 fully saturated rings. The van der Waals surface area contributed by atoms with Gasteiger partial charge in [-0.05, 0) is 44.5 Å². The molecule has 0 atom stereocenters. The van der Waals surface area contributed by atoms with E-state index in [1.807, 2.05) is 19.1 Å². The second-order valence-electron chi connectivity index (χ2n) is 4.91. The van der Waals surface area contributed by atoms with Crippen molar-refractivity contribution >= 4 is 18.6 Å². The van der Waals surface area contributed by atoms with E-state index in [1.54, 1.807) is 6.07 Å². The molecule has 18 heavy (non-hydrogen) atoms. The average molecular weight is 265 g/mol. The number of benzene rings is 1. The smallest absolute Gasteiger partial charge is 0.338 e. The number of rotatable bonds is 2. The second-order valence-corrected chi connectivity index (χ2v) is 5.42. The second kappa shape index (κ2) is 5.76. The third-order valence-corrected chi connectivity index (χ3v) is 3.66. The zero-order valence-electron chi connectivity index (χ0n) is 10.8. The number of carbonyl (C=O) groups is 1. The van der Waals surface area contributed by atoms with Crippen molar-refractivity contribution < 1.29 is 9.53 Å². The van der Waals surface area contributed by atoms with Crippen molar-refractivity contribution in [2.24, 2.45) is 0 Å². The number of ether oxygens (including phenoxy) is 1. The van der Waals surface area contributed by atoms with Gasteiger partial charge >= 0.3 is 5.97 Å². The number of thiol groups is 1. The van der Waals surface area contributed by atoms with Gasteiger partial charge in [0.05, 0.1) is 5.56 Å². The van der Waals surface area contributed by atoms with Gasteiger partial charge in [-0.25, -0.2) is 4.79 Å². The van der Waals surface area contributed by atoms with Crippen molar-refractivity contribution in [3.63, 3.8) is 0 Å². The standard InChI is InChI=1S/C14H19NO2S/c1-10-3-4-12(18)9-13(10)14(16)17-11-5-7-15(2)8-6-11/h3-4,9,11,18H,5-8H2,1-2H3. The van der Waals surface area contributed by atoms with E-state index in [2.05, 4.69) is 24.6 Å². The van der Waals surface area contributed by atoms with Crippen LogP contribution in [0.1, 0.15) is 28.8 Å². The van der Waals surface area contributed by atoms with Crippen LogP contribution in [-0.4, -0.2) is 37.1 Å². The minimum Gasteiger partial charge on any atom is -0.459 e. The highest BCUT2D eigenvalue weighted by molar-refractivity contribution is 7.80. The van der Waals surface area contributed by atoms with E-state index in [4.69, 9.17) is 4.74 Å². The molecule has 0 aliphatic carbocycles. The van der Waals surface area contributed by atoms with Crippen LogP contribution in [0.5, 0.6) is 0 Å². The van der Waals surface area contributed by atoms with Crippen molar-refractivity contribution in [2.45, 2.75) is 30.8 Å². The lowest BCUT2D eigenvalue weighted by atomic mass is 10.1. The molecule has 0 bridgehead atoms. The molecule has 0 saturated carbocycles. The Bertz CT molecular complexity index is 439. The molecule has 0 unspecified atom stereocenters. The van der Waals surface area contributed by atoms with Crippen molar-refractivity contribution in [2.75, 3.05) is 20.1 Å². The minimum atomic E-state index is -0.224. The Hall–Kier alpha value is -1.00. The molecule has 1 aromatic rings. The Labute approximate surface area is 114 Å². The molecule has 98 valence electrons. The summed E-state index contributed by atoms with van der Waals surface area (Å²) in [5, 5.41) is 0. The highest BCUT2D eigenvalue weighted by Gasteiger charge is 2.21. The quantitative estimate of drug-likeness (QED) is 0.658. The van der Waals surface area contributed by atoms with Crippen LogP contribution in [0.15, 0.2) is 23.1 Å². The summed E-state index contributed by atoms with van der Waals surface area (Å²) in [5.74, 6) is -0.224. The molecular formula is C14H19NO2S. The van der Waals surface area contributed by atoms with Crippen LogP contribution in [0.4, 0.5) is 0 Å². The zero-order chi connectivity index (χ0) is 13.1. The topological polar surface area (TPSA) is 29.5 Å². The maximum absolute atomic E-state index is 12.1. The van der Waals surface area contributed by atoms with Crippen LogP contribution in [-0.2, 0) is 4.74 Å². The Morgan fingerprint density at radius 2 is 2.06 bits per heavy atom. The number of nitrogens with zero attached hydrogens (tertiary/aromatic N) is 1. The van der Waals surface area contributed by atoms with Gasteiger partial charge in [0.15, 0.2) is 0 Å². The van der Waals surface area contributed by atoms with Gasteiger partial charge in [0.1, 0.15) is 6.10 Å². The predicted molar refractivity (Wildman–Crippen MR) is 74.4 cm³/mol. The van der Waals surface area contributed by atoms with Gasteiger partial charge in [0, 0.05) is 18.0 Å². The largest absolute Gasteiger partial charge is 0.459 e. The molecule has 1 saturated heterocycles. The summed E-state index contributed by atoms with van der Waals surface area (Å²) < 4.78 is 5.56. The van der Waals surface area contributed by atoms with E-state index in [9.17, 15) is 4.79 Å². The first kappa shape index (κ1) is 13.4. The van der Waals surface area contributed by atoms with Gasteiger partial charge in [-0.3, -0.25) is 0 Å². The first-order valence-electron chi connectivity index (χ1n) is 6.25. The molecule has 0 radical (unpaired) electrons. The van der Waals surface area contributed by atoms with Gasteiger partial charge in [0.2, 0.25) is 0 Å². The van der Waals surface area contributed by atoms with Crippen molar-refractivity contribution in [1.29, 1.82) is 0 Å². The summed E-state index contributed by atoms with van der Waals surface area (Å²) in [7, 11) is 2.09. The van der Waals surface area contributed by atoms with E-state index >= 15 is 0 Å². The number of hydrogen-bond donors (Lipinski definition) is 1. The number of aryl methyl sites for hydroxylation is 1. The van der Waals surface area contributed by atoms with Crippen LogP contribution in [0.3, 0.4) is 0 Å². The lowest BCUT2D eigenvalue weighted by Crippen LogP contribution is -2.35. The summed E-state index contributed by atoms with van der Waals surface area (Å²) in [5.41, 5.74) is 1.56. The van der Waals surface area contributed by atoms with Crippen LogP contribution in [0, 0.1) is 6.92 Å². The lowest BCUT2D eigenvalue weighted by Gasteiger charge is -2.28. The minimum absolute atomic E-state index is 0.0525. The normalized spacial score (nSPS) is 17.7. The number of piperidine rings is 1. The summed E-state index contributed by atoms with van der Waals surface area (Å²) >= 11 is 4.26. The first-order valence-corrected chi connectivity index (χ1v) is 6.70. The maximum Gasteiger partial charge on any atom is 0.338 e. The molecule has 2 rings (SSSR count). The maximum atomic E-state index is 12.1. The third-order valence-electron chi connectivity index (χ3n) is 3.38. The molecular weight excluding hydrogens is 246 g/mol. The summed E-state index contributed by atoms with van der Waals surface area (Å²) in [6.07, 6.45) is 1.89. The Morgan fingerprint density at radius 1 is 1.39 bits per heavy atom. The van der Waals surface area contributed by atoms with Crippen molar-refractivity contribution in [3.05, 3.63) is 29.3 Å². The van der Waals surface area contributed by atoms with Gasteiger partial charge in [-0.1, -0.05) is 6.07 Å². The third kappa shape index (κ3) is 3.27. The Balaban J connectivity index is 2.01. The number of hydrogen-bond acceptors (Lipinski definition) is 4. The lowest BCUT2D eigenvalue weighted by molar-refractivity contribution is 0.0138. The number of likely N-dealkylation sites (tertiary alicyclic amines) is 1. The average Bonchev–Trinajstić information content (AvgIpc) is 2.35.